The molecule has 26 heavy (non-hydrogen) atoms. The third-order valence-corrected chi connectivity index (χ3v) is 4.18. The number of aliphatic imine (C=N–C) groups is 1. The highest BCUT2D eigenvalue weighted by Crippen LogP contribution is 2.08. The van der Waals surface area contributed by atoms with Gasteiger partial charge in [0.2, 0.25) is 0 Å². The summed E-state index contributed by atoms with van der Waals surface area (Å²) in [5.74, 6) is 0.850. The molecule has 1 unspecified atom stereocenters. The van der Waals surface area contributed by atoms with Crippen LogP contribution >= 0.6 is 24.0 Å². The molecule has 144 valence electrons. The molecular formula is C19H31IN6. The Kier molecular flexibility index (Phi) is 10.9. The number of rotatable bonds is 9. The number of unbranched alkanes of at least 4 members (excludes halogenated alkanes) is 3. The summed E-state index contributed by atoms with van der Waals surface area (Å²) >= 11 is 0. The number of hydrogen-bond donors (Lipinski definition) is 2. The topological polar surface area (TPSA) is 67.1 Å². The van der Waals surface area contributed by atoms with Gasteiger partial charge in [0, 0.05) is 19.6 Å². The van der Waals surface area contributed by atoms with Crippen molar-refractivity contribution in [3.63, 3.8) is 0 Å². The molecule has 1 heterocycles. The lowest BCUT2D eigenvalue weighted by Crippen LogP contribution is -2.41. The first-order valence-electron chi connectivity index (χ1n) is 9.14. The molecule has 6 nitrogen and oxygen atoms in total. The van der Waals surface area contributed by atoms with Gasteiger partial charge in [-0.25, -0.2) is 9.67 Å². The van der Waals surface area contributed by atoms with E-state index in [1.807, 2.05) is 19.2 Å². The van der Waals surface area contributed by atoms with Crippen molar-refractivity contribution >= 4 is 29.9 Å². The van der Waals surface area contributed by atoms with Crippen LogP contribution in [-0.2, 0) is 6.54 Å². The summed E-state index contributed by atoms with van der Waals surface area (Å²) in [6.45, 7) is 5.19. The molecule has 0 aliphatic rings. The number of guanidine groups is 1. The molecule has 0 aliphatic carbocycles. The molecular weight excluding hydrogens is 439 g/mol. The highest BCUT2D eigenvalue weighted by molar-refractivity contribution is 14.0. The Labute approximate surface area is 173 Å². The SMILES string of the molecule is CCCCCCC(C)NC(=NC)NCc1ccc(-n2cncn2)cc1.I. The van der Waals surface area contributed by atoms with E-state index in [-0.39, 0.29) is 24.0 Å². The van der Waals surface area contributed by atoms with Crippen molar-refractivity contribution < 1.29 is 0 Å². The molecule has 0 fully saturated rings. The summed E-state index contributed by atoms with van der Waals surface area (Å²) in [5, 5.41) is 11.0. The first kappa shape index (κ1) is 22.4. The summed E-state index contributed by atoms with van der Waals surface area (Å²) in [7, 11) is 1.81. The van der Waals surface area contributed by atoms with Crippen molar-refractivity contribution in [2.75, 3.05) is 7.05 Å². The molecule has 2 rings (SSSR count). The average molecular weight is 470 g/mol. The Balaban J connectivity index is 0.00000338. The monoisotopic (exact) mass is 470 g/mol. The van der Waals surface area contributed by atoms with Crippen LogP contribution in [0.2, 0.25) is 0 Å². The highest BCUT2D eigenvalue weighted by atomic mass is 127. The molecule has 0 saturated heterocycles. The summed E-state index contributed by atoms with van der Waals surface area (Å²) in [5.41, 5.74) is 2.20. The van der Waals surface area contributed by atoms with Crippen LogP contribution in [0.1, 0.15) is 51.5 Å². The molecule has 0 saturated carbocycles. The Morgan fingerprint density at radius 2 is 1.96 bits per heavy atom. The minimum atomic E-state index is 0. The molecule has 1 atom stereocenters. The fraction of sp³-hybridized carbons (Fsp3) is 0.526. The normalized spacial score (nSPS) is 12.3. The molecule has 2 aromatic rings. The minimum Gasteiger partial charge on any atom is -0.354 e. The van der Waals surface area contributed by atoms with Crippen LogP contribution in [0.25, 0.3) is 5.69 Å². The number of nitrogens with zero attached hydrogens (tertiary/aromatic N) is 4. The molecule has 0 spiro atoms. The van der Waals surface area contributed by atoms with Gasteiger partial charge in [-0.05, 0) is 31.0 Å². The van der Waals surface area contributed by atoms with Gasteiger partial charge in [-0.2, -0.15) is 5.10 Å². The molecule has 0 radical (unpaired) electrons. The maximum Gasteiger partial charge on any atom is 0.191 e. The third kappa shape index (κ3) is 7.72. The lowest BCUT2D eigenvalue weighted by Gasteiger charge is -2.18. The molecule has 0 bridgehead atoms. The predicted octanol–water partition coefficient (Wildman–Crippen LogP) is 3.91. The number of aromatic nitrogens is 3. The maximum absolute atomic E-state index is 4.32. The lowest BCUT2D eigenvalue weighted by molar-refractivity contribution is 0.537. The Morgan fingerprint density at radius 1 is 1.19 bits per heavy atom. The van der Waals surface area contributed by atoms with E-state index >= 15 is 0 Å². The van der Waals surface area contributed by atoms with Gasteiger partial charge in [0.1, 0.15) is 12.7 Å². The van der Waals surface area contributed by atoms with Crippen LogP contribution in [0, 0.1) is 0 Å². The Morgan fingerprint density at radius 3 is 2.58 bits per heavy atom. The van der Waals surface area contributed by atoms with Gasteiger partial charge in [-0.15, -0.1) is 24.0 Å². The minimum absolute atomic E-state index is 0. The van der Waals surface area contributed by atoms with Crippen molar-refractivity contribution in [2.45, 2.75) is 58.5 Å². The van der Waals surface area contributed by atoms with Gasteiger partial charge in [0.15, 0.2) is 5.96 Å². The summed E-state index contributed by atoms with van der Waals surface area (Å²) in [4.78, 5) is 8.28. The van der Waals surface area contributed by atoms with E-state index in [4.69, 9.17) is 0 Å². The summed E-state index contributed by atoms with van der Waals surface area (Å²) in [6, 6.07) is 8.69. The van der Waals surface area contributed by atoms with Crippen LogP contribution in [-0.4, -0.2) is 33.8 Å². The predicted molar refractivity (Wildman–Crippen MR) is 118 cm³/mol. The maximum atomic E-state index is 4.32. The van der Waals surface area contributed by atoms with Gasteiger partial charge in [0.05, 0.1) is 5.69 Å². The van der Waals surface area contributed by atoms with Crippen molar-refractivity contribution in [2.24, 2.45) is 4.99 Å². The van der Waals surface area contributed by atoms with Crippen molar-refractivity contribution in [3.8, 4) is 5.69 Å². The zero-order chi connectivity index (χ0) is 17.9. The highest BCUT2D eigenvalue weighted by Gasteiger charge is 2.05. The zero-order valence-electron chi connectivity index (χ0n) is 16.0. The van der Waals surface area contributed by atoms with Gasteiger partial charge in [-0.3, -0.25) is 4.99 Å². The molecule has 1 aromatic carbocycles. The number of hydrogen-bond acceptors (Lipinski definition) is 3. The van der Waals surface area contributed by atoms with Crippen molar-refractivity contribution in [1.29, 1.82) is 0 Å². The second kappa shape index (κ2) is 12.7. The molecule has 0 amide bonds. The fourth-order valence-electron chi connectivity index (χ4n) is 2.67. The Hall–Kier alpha value is -1.64. The lowest BCUT2D eigenvalue weighted by atomic mass is 10.1. The van der Waals surface area contributed by atoms with E-state index < -0.39 is 0 Å². The summed E-state index contributed by atoms with van der Waals surface area (Å²) < 4.78 is 1.75. The van der Waals surface area contributed by atoms with E-state index in [0.717, 1.165) is 18.2 Å². The second-order valence-corrected chi connectivity index (χ2v) is 6.33. The number of benzene rings is 1. The smallest absolute Gasteiger partial charge is 0.191 e. The zero-order valence-corrected chi connectivity index (χ0v) is 18.3. The van der Waals surface area contributed by atoms with E-state index in [0.29, 0.717) is 6.04 Å². The van der Waals surface area contributed by atoms with Crippen LogP contribution in [0.4, 0.5) is 0 Å². The van der Waals surface area contributed by atoms with Gasteiger partial charge < -0.3 is 10.6 Å². The second-order valence-electron chi connectivity index (χ2n) is 6.33. The van der Waals surface area contributed by atoms with Crippen molar-refractivity contribution in [1.82, 2.24) is 25.4 Å². The molecule has 2 N–H and O–H groups in total. The van der Waals surface area contributed by atoms with Gasteiger partial charge >= 0.3 is 0 Å². The Bertz CT molecular complexity index is 624. The largest absolute Gasteiger partial charge is 0.354 e. The number of nitrogens with one attached hydrogen (secondary N) is 2. The van der Waals surface area contributed by atoms with E-state index in [1.54, 1.807) is 11.0 Å². The van der Waals surface area contributed by atoms with E-state index in [1.165, 1.54) is 44.0 Å². The molecule has 7 heteroatoms. The van der Waals surface area contributed by atoms with Crippen LogP contribution in [0.3, 0.4) is 0 Å². The van der Waals surface area contributed by atoms with E-state index in [2.05, 4.69) is 51.7 Å². The van der Waals surface area contributed by atoms with Crippen LogP contribution in [0.5, 0.6) is 0 Å². The first-order valence-corrected chi connectivity index (χ1v) is 9.14. The molecule has 0 aliphatic heterocycles. The van der Waals surface area contributed by atoms with Gasteiger partial charge in [0.25, 0.3) is 0 Å². The fourth-order valence-corrected chi connectivity index (χ4v) is 2.67. The van der Waals surface area contributed by atoms with Crippen LogP contribution < -0.4 is 10.6 Å². The molecule has 1 aromatic heterocycles. The standard InChI is InChI=1S/C19H30N6.HI/c1-4-5-6-7-8-16(2)24-19(20-3)22-13-17-9-11-18(12-10-17)25-15-21-14-23-25;/h9-12,14-16H,4-8,13H2,1-3H3,(H2,20,22,24);1H. The first-order chi connectivity index (χ1) is 12.2. The van der Waals surface area contributed by atoms with Crippen molar-refractivity contribution in [3.05, 3.63) is 42.5 Å². The van der Waals surface area contributed by atoms with E-state index in [9.17, 15) is 0 Å². The average Bonchev–Trinajstić information content (AvgIpc) is 3.17. The van der Waals surface area contributed by atoms with Gasteiger partial charge in [-0.1, -0.05) is 44.7 Å². The number of halogens is 1. The third-order valence-electron chi connectivity index (χ3n) is 4.18. The van der Waals surface area contributed by atoms with Crippen LogP contribution in [0.15, 0.2) is 41.9 Å². The quantitative estimate of drug-likeness (QED) is 0.253. The summed E-state index contributed by atoms with van der Waals surface area (Å²) in [6.07, 6.45) is 9.59.